The summed E-state index contributed by atoms with van der Waals surface area (Å²) >= 11 is 0. The minimum atomic E-state index is -1.46. The third-order valence-electron chi connectivity index (χ3n) is 29.9. The molecular formula is C70H18O3. The lowest BCUT2D eigenvalue weighted by molar-refractivity contribution is -0.177. The number of benzene rings is 16. The second-order valence-corrected chi connectivity index (χ2v) is 29.0. The van der Waals surface area contributed by atoms with E-state index in [4.69, 9.17) is 9.47 Å². The highest BCUT2D eigenvalue weighted by Crippen LogP contribution is 3.07. The molecule has 316 valence electrons. The van der Waals surface area contributed by atoms with Crippen molar-refractivity contribution >= 4 is 215 Å². The van der Waals surface area contributed by atoms with E-state index in [-0.39, 0.29) is 0 Å². The van der Waals surface area contributed by atoms with Gasteiger partial charge in [-0.05, 0) is 304 Å². The van der Waals surface area contributed by atoms with Gasteiger partial charge in [-0.2, -0.15) is 0 Å². The molecule has 3 fully saturated rings. The van der Waals surface area contributed by atoms with E-state index in [9.17, 15) is 0 Å². The molecule has 0 radical (unpaired) electrons. The molecule has 3 nitrogen and oxygen atoms in total. The fourth-order valence-corrected chi connectivity index (χ4v) is 30.3. The van der Waals surface area contributed by atoms with Gasteiger partial charge in [-0.25, -0.2) is 0 Å². The summed E-state index contributed by atoms with van der Waals surface area (Å²) in [7, 11) is 0. The van der Waals surface area contributed by atoms with Crippen molar-refractivity contribution in [2.75, 3.05) is 0 Å². The molecule has 22 aromatic rings. The van der Waals surface area contributed by atoms with Crippen LogP contribution in [0.2, 0.25) is 0 Å². The lowest BCUT2D eigenvalue weighted by atomic mass is 9.36. The molecule has 0 aromatic heterocycles. The van der Waals surface area contributed by atoms with Crippen LogP contribution in [0, 0.1) is 0 Å². The Balaban J connectivity index is 1.16. The Morgan fingerprint density at radius 1 is 0.247 bits per heavy atom. The zero-order valence-corrected chi connectivity index (χ0v) is 38.7. The van der Waals surface area contributed by atoms with Crippen LogP contribution >= 0.6 is 0 Å². The maximum atomic E-state index is 16.8. The van der Waals surface area contributed by atoms with Gasteiger partial charge >= 0.3 is 0 Å². The summed E-state index contributed by atoms with van der Waals surface area (Å²) in [5.74, 6) is 0. The molecule has 2 heterocycles. The minimum absolute atomic E-state index is 0.577. The van der Waals surface area contributed by atoms with Crippen LogP contribution < -0.4 is 0 Å². The predicted molar refractivity (Wildman–Crippen MR) is 288 cm³/mol. The summed E-state index contributed by atoms with van der Waals surface area (Å²) in [5, 5.41) is 79.9. The number of hydrogen-bond donors (Lipinski definition) is 1. The van der Waals surface area contributed by atoms with Crippen molar-refractivity contribution in [2.24, 2.45) is 0 Å². The van der Waals surface area contributed by atoms with E-state index in [1.807, 2.05) is 0 Å². The lowest BCUT2D eigenvalue weighted by Gasteiger charge is -2.66. The van der Waals surface area contributed by atoms with Crippen molar-refractivity contribution in [3.05, 3.63) is 91.5 Å². The Hall–Kier alpha value is -7.40. The molecule has 0 amide bonds. The van der Waals surface area contributed by atoms with Gasteiger partial charge < -0.3 is 14.6 Å². The summed E-state index contributed by atoms with van der Waals surface area (Å²) < 4.78 is 17.8. The minimum Gasteiger partial charge on any atom is -0.382 e. The maximum Gasteiger partial charge on any atom is 0.153 e. The molecule has 0 bridgehead atoms. The predicted octanol–water partition coefficient (Wildman–Crippen LogP) is 14.6. The second-order valence-electron chi connectivity index (χ2n) is 29.0. The SMILES string of the molecule is CC12c3c4c5c6c7c8c9c%10c%11c%12c%13c%14c%15c%16c%17c%18c(c1c1c3c3c5c5c%19c6c9c6c9c%10c%13c%10c%13c%14c%17c%14c%17c%18c1c1c3c5c3c(c%196)c(c9%10)c(c%13%14)c3c1%17)C%16(c1ccccc1)C13OC1(C%12%15C)C1(OC1(C47C)C23O)C8%11C. The maximum absolute atomic E-state index is 16.8. The molecule has 1 N–H and O–H groups in total. The summed E-state index contributed by atoms with van der Waals surface area (Å²) in [5.41, 5.74) is 8.11. The van der Waals surface area contributed by atoms with Crippen LogP contribution in [0.4, 0.5) is 0 Å². The Morgan fingerprint density at radius 3 is 0.795 bits per heavy atom. The van der Waals surface area contributed by atoms with Gasteiger partial charge in [0, 0.05) is 0 Å². The average Bonchev–Trinajstić information content (AvgIpc) is 1.67. The largest absolute Gasteiger partial charge is 0.382 e. The van der Waals surface area contributed by atoms with E-state index in [2.05, 4.69) is 58.0 Å². The lowest BCUT2D eigenvalue weighted by Crippen LogP contribution is -2.81. The molecular weight excluding hydrogens is 889 g/mol. The quantitative estimate of drug-likeness (QED) is 0.132. The zero-order chi connectivity index (χ0) is 44.4. The van der Waals surface area contributed by atoms with Crippen LogP contribution in [0.5, 0.6) is 0 Å². The van der Waals surface area contributed by atoms with Crippen LogP contribution in [0.1, 0.15) is 88.9 Å². The van der Waals surface area contributed by atoms with Crippen LogP contribution in [0.15, 0.2) is 30.3 Å². The average molecular weight is 907 g/mol. The summed E-state index contributed by atoms with van der Waals surface area (Å²) in [6.45, 7) is 10.7. The molecule has 73 heavy (non-hydrogen) atoms. The first-order chi connectivity index (χ1) is 35.7. The number of rotatable bonds is 1. The highest BCUT2D eigenvalue weighted by molar-refractivity contribution is 6.77. The Bertz CT molecular complexity index is 7130. The van der Waals surface area contributed by atoms with Gasteiger partial charge in [0.2, 0.25) is 0 Å². The first kappa shape index (κ1) is 28.2. The molecule has 2 saturated heterocycles. The van der Waals surface area contributed by atoms with Gasteiger partial charge in [0.1, 0.15) is 22.4 Å². The Labute approximate surface area is 402 Å². The van der Waals surface area contributed by atoms with Gasteiger partial charge in [0.25, 0.3) is 0 Å². The third kappa shape index (κ3) is 1.28. The molecule has 35 rings (SSSR count). The zero-order valence-electron chi connectivity index (χ0n) is 38.7. The number of hydrogen-bond acceptors (Lipinski definition) is 3. The van der Waals surface area contributed by atoms with Gasteiger partial charge in [-0.3, -0.25) is 0 Å². The number of ether oxygens (including phenoxy) is 2. The summed E-state index contributed by atoms with van der Waals surface area (Å²) in [6, 6.07) is 11.9. The van der Waals surface area contributed by atoms with E-state index in [0.717, 1.165) is 0 Å². The van der Waals surface area contributed by atoms with Gasteiger partial charge in [0.05, 0.1) is 27.1 Å². The molecule has 10 atom stereocenters. The smallest absolute Gasteiger partial charge is 0.153 e. The molecule has 22 aromatic carbocycles. The van der Waals surface area contributed by atoms with Crippen molar-refractivity contribution in [1.29, 1.82) is 0 Å². The van der Waals surface area contributed by atoms with Crippen molar-refractivity contribution in [2.45, 2.75) is 82.8 Å². The molecule has 13 aliphatic rings. The van der Waals surface area contributed by atoms with Gasteiger partial charge in [0.15, 0.2) is 5.60 Å². The van der Waals surface area contributed by atoms with Crippen LogP contribution in [0.3, 0.4) is 0 Å². The third-order valence-corrected chi connectivity index (χ3v) is 29.9. The van der Waals surface area contributed by atoms with E-state index < -0.39 is 55.1 Å². The molecule has 2 aliphatic heterocycles. The van der Waals surface area contributed by atoms with Crippen LogP contribution in [0.25, 0.3) is 215 Å². The monoisotopic (exact) mass is 906 g/mol. The highest BCUT2D eigenvalue weighted by atomic mass is 16.8. The van der Waals surface area contributed by atoms with E-state index in [0.29, 0.717) is 0 Å². The van der Waals surface area contributed by atoms with E-state index >= 15 is 5.11 Å². The van der Waals surface area contributed by atoms with E-state index in [1.54, 1.807) is 222 Å². The molecule has 11 aliphatic carbocycles. The van der Waals surface area contributed by atoms with Crippen molar-refractivity contribution in [3.63, 3.8) is 0 Å². The first-order valence-corrected chi connectivity index (χ1v) is 27.7. The van der Waals surface area contributed by atoms with Gasteiger partial charge in [-0.1, -0.05) is 30.3 Å². The van der Waals surface area contributed by atoms with Crippen LogP contribution in [-0.2, 0) is 36.5 Å². The molecule has 3 heteroatoms. The standard InChI is InChI=1S/C70H18O3/c1-61-51-41-31-21-16-12-11-13-15-14(12)19-27(21)37-39-29(19)30-20(15)28-26-18(13)25-24-17(11)23-22(16)32(31)42-43-33(23)34(24)44-45-35(25)36(26)46-48-38(28)40(30)50-49(39)59(57(61)47(37)41)65(10-8-6-5-7-9-10)60(50)58(48)64(4)56(46)55(45)63(3)54(44)53(43)62(2,52(42)51)67-66(61,71)70(65)69(64,73-70)68(63,67)72-67/h5-9,71H,1-4H3. The molecule has 10 unspecified atom stereocenters. The molecule has 1 saturated carbocycles. The Kier molecular flexibility index (Phi) is 2.23. The topological polar surface area (TPSA) is 45.3 Å². The van der Waals surface area contributed by atoms with E-state index in [1.165, 1.54) is 54.7 Å². The van der Waals surface area contributed by atoms with Crippen molar-refractivity contribution in [3.8, 4) is 0 Å². The Morgan fingerprint density at radius 2 is 0.466 bits per heavy atom. The fourth-order valence-electron chi connectivity index (χ4n) is 30.3. The number of aliphatic hydroxyl groups is 1. The highest BCUT2D eigenvalue weighted by Gasteiger charge is 3.22. The summed E-state index contributed by atoms with van der Waals surface area (Å²) in [4.78, 5) is 0. The summed E-state index contributed by atoms with van der Waals surface area (Å²) in [6.07, 6.45) is 0. The van der Waals surface area contributed by atoms with Crippen molar-refractivity contribution < 1.29 is 14.6 Å². The van der Waals surface area contributed by atoms with Crippen LogP contribution in [-0.4, -0.2) is 33.1 Å². The van der Waals surface area contributed by atoms with Gasteiger partial charge in [-0.15, -0.1) is 0 Å². The first-order valence-electron chi connectivity index (χ1n) is 27.7. The molecule has 4 spiro atoms. The fraction of sp³-hybridized carbons (Fsp3) is 0.200. The second kappa shape index (κ2) is 5.78. The normalized spacial score (nSPS) is 40.3. The van der Waals surface area contributed by atoms with Crippen molar-refractivity contribution in [1.82, 2.24) is 0 Å². The number of epoxide rings is 2.